The van der Waals surface area contributed by atoms with Gasteiger partial charge in [-0.25, -0.2) is 4.79 Å². The lowest BCUT2D eigenvalue weighted by atomic mass is 9.76. The Morgan fingerprint density at radius 3 is 2.23 bits per heavy atom. The van der Waals surface area contributed by atoms with E-state index in [-0.39, 0.29) is 35.8 Å². The van der Waals surface area contributed by atoms with Gasteiger partial charge >= 0.3 is 12.0 Å². The molecule has 57 heavy (non-hydrogen) atoms. The Bertz CT molecular complexity index is 1850. The summed E-state index contributed by atoms with van der Waals surface area (Å²) < 4.78 is 21.7. The molecule has 3 aromatic rings. The summed E-state index contributed by atoms with van der Waals surface area (Å²) in [7, 11) is 4.61. The second kappa shape index (κ2) is 19.0. The van der Waals surface area contributed by atoms with Crippen molar-refractivity contribution in [1.82, 2.24) is 25.3 Å². The third-order valence-electron chi connectivity index (χ3n) is 12.0. The van der Waals surface area contributed by atoms with Gasteiger partial charge in [0, 0.05) is 69.3 Å². The molecule has 3 heterocycles. The number of hydrogen-bond donors (Lipinski definition) is 2. The molecule has 2 atom stereocenters. The SMILES string of the molecule is CCOC(=O)CC[C@H]1CNCCN1C(=O)NC1(c2ccccc2)CCN(CCC2(c3ccc(Cl)c(Cl)c3)CCN(C(=O)c3cc(OC)c(OC)c(OC)c3)C2)CC1. The van der Waals surface area contributed by atoms with Crippen LogP contribution in [-0.4, -0.2) is 119 Å². The molecule has 3 amide bonds. The third kappa shape index (κ3) is 9.57. The van der Waals surface area contributed by atoms with Crippen LogP contribution < -0.4 is 24.8 Å². The van der Waals surface area contributed by atoms with E-state index in [2.05, 4.69) is 27.7 Å². The third-order valence-corrected chi connectivity index (χ3v) is 12.7. The number of nitrogens with one attached hydrogen (secondary N) is 2. The van der Waals surface area contributed by atoms with Crippen LogP contribution in [0, 0.1) is 0 Å². The average molecular weight is 825 g/mol. The Labute approximate surface area is 346 Å². The number of nitrogens with zero attached hydrogens (tertiary/aromatic N) is 3. The highest BCUT2D eigenvalue weighted by Crippen LogP contribution is 2.43. The maximum absolute atomic E-state index is 14.1. The minimum absolute atomic E-state index is 0.107. The summed E-state index contributed by atoms with van der Waals surface area (Å²) in [6.45, 7) is 7.42. The van der Waals surface area contributed by atoms with Crippen molar-refractivity contribution in [3.05, 3.63) is 87.4 Å². The van der Waals surface area contributed by atoms with E-state index in [1.165, 1.54) is 21.3 Å². The molecule has 308 valence electrons. The van der Waals surface area contributed by atoms with E-state index in [0.29, 0.717) is 78.6 Å². The van der Waals surface area contributed by atoms with Crippen molar-refractivity contribution >= 4 is 41.1 Å². The van der Waals surface area contributed by atoms with Crippen LogP contribution in [0.4, 0.5) is 4.79 Å². The quantitative estimate of drug-likeness (QED) is 0.175. The summed E-state index contributed by atoms with van der Waals surface area (Å²) in [5, 5.41) is 7.85. The molecular weight excluding hydrogens is 769 g/mol. The number of piperazine rings is 1. The highest BCUT2D eigenvalue weighted by molar-refractivity contribution is 6.42. The van der Waals surface area contributed by atoms with Crippen LogP contribution in [0.5, 0.6) is 17.2 Å². The smallest absolute Gasteiger partial charge is 0.318 e. The van der Waals surface area contributed by atoms with Gasteiger partial charge in [0.2, 0.25) is 5.75 Å². The minimum Gasteiger partial charge on any atom is -0.493 e. The van der Waals surface area contributed by atoms with Crippen LogP contribution >= 0.6 is 23.2 Å². The van der Waals surface area contributed by atoms with Crippen LogP contribution in [0.25, 0.3) is 0 Å². The number of urea groups is 1. The maximum atomic E-state index is 14.1. The number of ether oxygens (including phenoxy) is 4. The first-order valence-electron chi connectivity index (χ1n) is 19.8. The lowest BCUT2D eigenvalue weighted by Gasteiger charge is -2.46. The summed E-state index contributed by atoms with van der Waals surface area (Å²) in [4.78, 5) is 46.7. The summed E-state index contributed by atoms with van der Waals surface area (Å²) in [5.41, 5.74) is 1.67. The zero-order valence-electron chi connectivity index (χ0n) is 33.4. The van der Waals surface area contributed by atoms with Crippen LogP contribution in [0.15, 0.2) is 60.7 Å². The summed E-state index contributed by atoms with van der Waals surface area (Å²) in [6.07, 6.45) is 3.81. The van der Waals surface area contributed by atoms with Crippen molar-refractivity contribution in [2.45, 2.75) is 62.4 Å². The van der Waals surface area contributed by atoms with Crippen molar-refractivity contribution in [3.8, 4) is 17.2 Å². The van der Waals surface area contributed by atoms with Gasteiger partial charge in [0.05, 0.1) is 43.5 Å². The molecule has 1 unspecified atom stereocenters. The molecule has 6 rings (SSSR count). The number of piperidine rings is 1. The van der Waals surface area contributed by atoms with E-state index >= 15 is 0 Å². The lowest BCUT2D eigenvalue weighted by molar-refractivity contribution is -0.143. The van der Waals surface area contributed by atoms with Crippen LogP contribution in [-0.2, 0) is 20.5 Å². The highest BCUT2D eigenvalue weighted by Gasteiger charge is 2.44. The standard InChI is InChI=1S/C43H55Cl2N5O7/c1-5-57-38(51)14-12-33-28-46-19-24-50(33)41(53)47-43(31-9-7-6-8-10-31)17-21-48(22-18-43)20-15-42(32-11-13-34(44)35(45)27-32)16-23-49(29-42)40(52)30-25-36(54-2)39(56-4)37(26-30)55-3/h6-11,13,25-27,33,46H,5,12,14-24,28-29H2,1-4H3,(H,47,53)/t33-,42?/m0/s1. The molecule has 0 spiro atoms. The van der Waals surface area contributed by atoms with Gasteiger partial charge in [-0.3, -0.25) is 9.59 Å². The first-order chi connectivity index (χ1) is 27.5. The number of carbonyl (C=O) groups is 3. The molecule has 0 aliphatic carbocycles. The van der Waals surface area contributed by atoms with Crippen LogP contribution in [0.3, 0.4) is 0 Å². The molecule has 0 aromatic heterocycles. The zero-order valence-corrected chi connectivity index (χ0v) is 34.9. The number of carbonyl (C=O) groups excluding carboxylic acids is 3. The van der Waals surface area contributed by atoms with E-state index < -0.39 is 5.54 Å². The Kier molecular flexibility index (Phi) is 14.1. The molecule has 3 aromatic carbocycles. The van der Waals surface area contributed by atoms with E-state index in [0.717, 1.165) is 56.4 Å². The number of halogens is 2. The fraction of sp³-hybridized carbons (Fsp3) is 0.512. The van der Waals surface area contributed by atoms with Crippen molar-refractivity contribution < 1.29 is 33.3 Å². The van der Waals surface area contributed by atoms with Gasteiger partial charge in [-0.1, -0.05) is 59.6 Å². The average Bonchev–Trinajstić information content (AvgIpc) is 3.68. The van der Waals surface area contributed by atoms with Gasteiger partial charge in [-0.2, -0.15) is 0 Å². The molecule has 3 fully saturated rings. The second-order valence-corrected chi connectivity index (χ2v) is 16.0. The normalized spacial score (nSPS) is 20.8. The number of rotatable bonds is 14. The molecule has 0 radical (unpaired) electrons. The molecule has 14 heteroatoms. The molecule has 0 saturated carbocycles. The highest BCUT2D eigenvalue weighted by atomic mass is 35.5. The molecule has 3 saturated heterocycles. The monoisotopic (exact) mass is 823 g/mol. The zero-order chi connectivity index (χ0) is 40.6. The lowest BCUT2D eigenvalue weighted by Crippen LogP contribution is -2.61. The Morgan fingerprint density at radius 2 is 1.58 bits per heavy atom. The van der Waals surface area contributed by atoms with E-state index in [1.807, 2.05) is 46.2 Å². The molecule has 2 N–H and O–H groups in total. The number of methoxy groups -OCH3 is 3. The number of likely N-dealkylation sites (tertiary alicyclic amines) is 2. The van der Waals surface area contributed by atoms with Crippen molar-refractivity contribution in [3.63, 3.8) is 0 Å². The number of hydrogen-bond acceptors (Lipinski definition) is 9. The summed E-state index contributed by atoms with van der Waals surface area (Å²) in [5.74, 6) is 0.909. The van der Waals surface area contributed by atoms with E-state index in [9.17, 15) is 14.4 Å². The predicted molar refractivity (Wildman–Crippen MR) is 221 cm³/mol. The predicted octanol–water partition coefficient (Wildman–Crippen LogP) is 6.51. The Balaban J connectivity index is 1.17. The van der Waals surface area contributed by atoms with Crippen LogP contribution in [0.2, 0.25) is 10.0 Å². The molecule has 3 aliphatic heterocycles. The van der Waals surface area contributed by atoms with Gasteiger partial charge in [0.25, 0.3) is 5.91 Å². The van der Waals surface area contributed by atoms with E-state index in [1.54, 1.807) is 19.1 Å². The van der Waals surface area contributed by atoms with Gasteiger partial charge in [0.1, 0.15) is 0 Å². The molecule has 12 nitrogen and oxygen atoms in total. The maximum Gasteiger partial charge on any atom is 0.318 e. The van der Waals surface area contributed by atoms with Crippen LogP contribution in [0.1, 0.15) is 66.9 Å². The molecular formula is C43H55Cl2N5O7. The minimum atomic E-state index is -0.552. The fourth-order valence-corrected chi connectivity index (χ4v) is 8.99. The van der Waals surface area contributed by atoms with Crippen molar-refractivity contribution in [1.29, 1.82) is 0 Å². The van der Waals surface area contributed by atoms with Crippen molar-refractivity contribution in [2.75, 3.05) is 80.3 Å². The summed E-state index contributed by atoms with van der Waals surface area (Å²) in [6, 6.07) is 19.2. The second-order valence-electron chi connectivity index (χ2n) is 15.2. The van der Waals surface area contributed by atoms with Gasteiger partial charge in [0.15, 0.2) is 11.5 Å². The molecule has 3 aliphatic rings. The van der Waals surface area contributed by atoms with Crippen molar-refractivity contribution in [2.24, 2.45) is 0 Å². The Morgan fingerprint density at radius 1 is 0.860 bits per heavy atom. The number of amides is 3. The van der Waals surface area contributed by atoms with Gasteiger partial charge in [-0.15, -0.1) is 0 Å². The first kappa shape index (κ1) is 42.4. The number of esters is 1. The number of benzene rings is 3. The van der Waals surface area contributed by atoms with Gasteiger partial charge < -0.3 is 44.3 Å². The Hall–Kier alpha value is -4.23. The topological polar surface area (TPSA) is 122 Å². The van der Waals surface area contributed by atoms with E-state index in [4.69, 9.17) is 42.1 Å². The summed E-state index contributed by atoms with van der Waals surface area (Å²) >= 11 is 13.0. The first-order valence-corrected chi connectivity index (χ1v) is 20.6. The van der Waals surface area contributed by atoms with Gasteiger partial charge in [-0.05, 0) is 81.0 Å². The fourth-order valence-electron chi connectivity index (χ4n) is 8.70. The largest absolute Gasteiger partial charge is 0.493 e. The molecule has 0 bridgehead atoms.